The smallest absolute Gasteiger partial charge is 0.306 e. The normalized spacial score (nSPS) is 12.2. The summed E-state index contributed by atoms with van der Waals surface area (Å²) in [5.74, 6) is -0.891. The molecule has 0 fully saturated rings. The van der Waals surface area contributed by atoms with Crippen LogP contribution in [0.15, 0.2) is 36.5 Å². The number of ether oxygens (including phenoxy) is 3. The number of allylic oxidation sites excluding steroid dienone is 6. The number of unbranched alkanes of at least 4 members (excludes halogenated alkanes) is 32. The lowest BCUT2D eigenvalue weighted by atomic mass is 10.1. The van der Waals surface area contributed by atoms with Crippen LogP contribution < -0.4 is 0 Å². The van der Waals surface area contributed by atoms with E-state index in [9.17, 15) is 14.4 Å². The fourth-order valence-corrected chi connectivity index (χ4v) is 7.71. The fraction of sp³-hybridized carbons (Fsp3) is 0.839. The molecule has 0 N–H and O–H groups in total. The lowest BCUT2D eigenvalue weighted by molar-refractivity contribution is -0.167. The van der Waals surface area contributed by atoms with Crippen LogP contribution in [0.5, 0.6) is 0 Å². The van der Waals surface area contributed by atoms with E-state index in [1.54, 1.807) is 0 Å². The zero-order valence-corrected chi connectivity index (χ0v) is 41.4. The lowest BCUT2D eigenvalue weighted by Crippen LogP contribution is -2.30. The summed E-state index contributed by atoms with van der Waals surface area (Å²) in [6.07, 6.45) is 59.9. The van der Waals surface area contributed by atoms with Crippen LogP contribution in [0.25, 0.3) is 0 Å². The van der Waals surface area contributed by atoms with Gasteiger partial charge < -0.3 is 14.2 Å². The molecule has 0 spiro atoms. The average molecular weight is 871 g/mol. The van der Waals surface area contributed by atoms with Gasteiger partial charge in [0.15, 0.2) is 6.10 Å². The summed E-state index contributed by atoms with van der Waals surface area (Å²) in [4.78, 5) is 38.0. The van der Waals surface area contributed by atoms with Gasteiger partial charge in [-0.3, -0.25) is 14.4 Å². The molecule has 0 amide bonds. The van der Waals surface area contributed by atoms with E-state index in [0.717, 1.165) is 70.6 Å². The highest BCUT2D eigenvalue weighted by Crippen LogP contribution is 2.15. The van der Waals surface area contributed by atoms with E-state index in [1.165, 1.54) is 173 Å². The van der Waals surface area contributed by atoms with Crippen LogP contribution in [0.2, 0.25) is 0 Å². The topological polar surface area (TPSA) is 78.9 Å². The van der Waals surface area contributed by atoms with Crippen molar-refractivity contribution in [3.8, 4) is 0 Å². The molecule has 0 aromatic heterocycles. The van der Waals surface area contributed by atoms with Crippen molar-refractivity contribution in [1.29, 1.82) is 0 Å². The molecule has 0 aliphatic rings. The molecular weight excluding hydrogens is 769 g/mol. The Morgan fingerprint density at radius 2 is 0.548 bits per heavy atom. The predicted octanol–water partition coefficient (Wildman–Crippen LogP) is 17.7. The molecule has 362 valence electrons. The number of carbonyl (C=O) groups is 3. The minimum atomic E-state index is -0.778. The highest BCUT2D eigenvalue weighted by molar-refractivity contribution is 5.71. The molecule has 0 aliphatic heterocycles. The van der Waals surface area contributed by atoms with E-state index in [4.69, 9.17) is 14.2 Å². The lowest BCUT2D eigenvalue weighted by Gasteiger charge is -2.18. The van der Waals surface area contributed by atoms with Crippen molar-refractivity contribution in [2.75, 3.05) is 13.2 Å². The van der Waals surface area contributed by atoms with Gasteiger partial charge in [-0.2, -0.15) is 0 Å². The van der Waals surface area contributed by atoms with Gasteiger partial charge in [0.2, 0.25) is 0 Å². The summed E-state index contributed by atoms with van der Waals surface area (Å²) in [6.45, 7) is 6.59. The summed E-state index contributed by atoms with van der Waals surface area (Å²) in [6, 6.07) is 0. The zero-order valence-electron chi connectivity index (χ0n) is 41.4. The van der Waals surface area contributed by atoms with Crippen molar-refractivity contribution in [2.24, 2.45) is 0 Å². The molecule has 6 nitrogen and oxygen atoms in total. The second-order valence-corrected chi connectivity index (χ2v) is 18.1. The van der Waals surface area contributed by atoms with Crippen LogP contribution in [0.3, 0.4) is 0 Å². The molecule has 0 heterocycles. The first-order valence-electron chi connectivity index (χ1n) is 27.0. The zero-order chi connectivity index (χ0) is 45.1. The molecule has 62 heavy (non-hydrogen) atoms. The number of hydrogen-bond donors (Lipinski definition) is 0. The van der Waals surface area contributed by atoms with E-state index in [2.05, 4.69) is 57.2 Å². The molecular formula is C56H102O6. The SMILES string of the molecule is CCCC/C=C\CCCCCCCC(=O)OCC(COC(=O)CCCCCCC/C=C\CCCCCCCCCCC)OC(=O)CCCCCCCCC/C=C\CCCCCC. The van der Waals surface area contributed by atoms with Crippen molar-refractivity contribution in [3.63, 3.8) is 0 Å². The van der Waals surface area contributed by atoms with Gasteiger partial charge in [-0.25, -0.2) is 0 Å². The van der Waals surface area contributed by atoms with Gasteiger partial charge in [0.25, 0.3) is 0 Å². The van der Waals surface area contributed by atoms with E-state index >= 15 is 0 Å². The second kappa shape index (κ2) is 51.3. The predicted molar refractivity (Wildman–Crippen MR) is 266 cm³/mol. The maximum Gasteiger partial charge on any atom is 0.306 e. The van der Waals surface area contributed by atoms with Crippen molar-refractivity contribution >= 4 is 17.9 Å². The van der Waals surface area contributed by atoms with Crippen LogP contribution in [0.1, 0.15) is 284 Å². The number of esters is 3. The Morgan fingerprint density at radius 3 is 0.871 bits per heavy atom. The van der Waals surface area contributed by atoms with Crippen molar-refractivity contribution in [3.05, 3.63) is 36.5 Å². The van der Waals surface area contributed by atoms with Crippen LogP contribution in [0, 0.1) is 0 Å². The van der Waals surface area contributed by atoms with Gasteiger partial charge in [-0.1, -0.05) is 211 Å². The Morgan fingerprint density at radius 1 is 0.306 bits per heavy atom. The van der Waals surface area contributed by atoms with Gasteiger partial charge in [0.1, 0.15) is 13.2 Å². The molecule has 0 saturated heterocycles. The van der Waals surface area contributed by atoms with E-state index < -0.39 is 6.10 Å². The standard InChI is InChI=1S/C56H102O6/c1-4-7-10-13-16-19-22-24-26-27-28-30-31-34-37-40-43-46-49-55(58)61-52-53(51-60-54(57)48-45-42-39-36-33-21-18-15-12-9-6-3)62-56(59)50-47-44-41-38-35-32-29-25-23-20-17-14-11-8-5-2/h15,18,20,23,28,30,53H,4-14,16-17,19,21-22,24-27,29,31-52H2,1-3H3/b18-15-,23-20-,30-28-. The molecule has 1 atom stereocenters. The molecule has 1 unspecified atom stereocenters. The maximum absolute atomic E-state index is 12.8. The van der Waals surface area contributed by atoms with Gasteiger partial charge in [-0.15, -0.1) is 0 Å². The quantitative estimate of drug-likeness (QED) is 0.0262. The van der Waals surface area contributed by atoms with E-state index in [0.29, 0.717) is 19.3 Å². The minimum Gasteiger partial charge on any atom is -0.462 e. The van der Waals surface area contributed by atoms with Crippen LogP contribution in [-0.4, -0.2) is 37.2 Å². The first kappa shape index (κ1) is 59.6. The molecule has 0 rings (SSSR count). The Bertz CT molecular complexity index is 1050. The van der Waals surface area contributed by atoms with Gasteiger partial charge in [0.05, 0.1) is 0 Å². The van der Waals surface area contributed by atoms with Crippen LogP contribution in [0.4, 0.5) is 0 Å². The average Bonchev–Trinajstić information content (AvgIpc) is 3.27. The number of rotatable bonds is 49. The summed E-state index contributed by atoms with van der Waals surface area (Å²) >= 11 is 0. The Hall–Kier alpha value is -2.37. The van der Waals surface area contributed by atoms with Gasteiger partial charge in [-0.05, 0) is 89.9 Å². The first-order chi connectivity index (χ1) is 30.5. The maximum atomic E-state index is 12.8. The molecule has 0 bridgehead atoms. The molecule has 0 radical (unpaired) electrons. The Balaban J connectivity index is 4.34. The van der Waals surface area contributed by atoms with Gasteiger partial charge >= 0.3 is 17.9 Å². The van der Waals surface area contributed by atoms with Crippen LogP contribution >= 0.6 is 0 Å². The summed E-state index contributed by atoms with van der Waals surface area (Å²) in [5, 5.41) is 0. The Kier molecular flexibility index (Phi) is 49.3. The van der Waals surface area contributed by atoms with Gasteiger partial charge in [0, 0.05) is 19.3 Å². The van der Waals surface area contributed by atoms with E-state index in [-0.39, 0.29) is 31.1 Å². The van der Waals surface area contributed by atoms with E-state index in [1.807, 2.05) is 0 Å². The Labute approximate surface area is 385 Å². The minimum absolute atomic E-state index is 0.0792. The summed E-state index contributed by atoms with van der Waals surface area (Å²) < 4.78 is 16.8. The number of carbonyl (C=O) groups excluding carboxylic acids is 3. The molecule has 0 aromatic rings. The molecule has 6 heteroatoms. The molecule has 0 aliphatic carbocycles. The monoisotopic (exact) mass is 871 g/mol. The van der Waals surface area contributed by atoms with Crippen molar-refractivity contribution in [2.45, 2.75) is 290 Å². The highest BCUT2D eigenvalue weighted by Gasteiger charge is 2.19. The summed E-state index contributed by atoms with van der Waals surface area (Å²) in [5.41, 5.74) is 0. The second-order valence-electron chi connectivity index (χ2n) is 18.1. The van der Waals surface area contributed by atoms with Crippen LogP contribution in [-0.2, 0) is 28.6 Å². The third kappa shape index (κ3) is 48.7. The molecule has 0 aromatic carbocycles. The number of hydrogen-bond acceptors (Lipinski definition) is 6. The third-order valence-electron chi connectivity index (χ3n) is 11.8. The third-order valence-corrected chi connectivity index (χ3v) is 11.8. The fourth-order valence-electron chi connectivity index (χ4n) is 7.71. The van der Waals surface area contributed by atoms with Crippen molar-refractivity contribution in [1.82, 2.24) is 0 Å². The molecule has 0 saturated carbocycles. The largest absolute Gasteiger partial charge is 0.462 e. The summed E-state index contributed by atoms with van der Waals surface area (Å²) in [7, 11) is 0. The van der Waals surface area contributed by atoms with Crippen molar-refractivity contribution < 1.29 is 28.6 Å². The first-order valence-corrected chi connectivity index (χ1v) is 27.0. The highest BCUT2D eigenvalue weighted by atomic mass is 16.6.